The van der Waals surface area contributed by atoms with Gasteiger partial charge in [0, 0.05) is 17.6 Å². The molecular formula is C22H20FNO5S. The van der Waals surface area contributed by atoms with Gasteiger partial charge in [0.2, 0.25) is 0 Å². The van der Waals surface area contributed by atoms with Gasteiger partial charge in [0.1, 0.15) is 5.82 Å². The van der Waals surface area contributed by atoms with Gasteiger partial charge >= 0.3 is 5.97 Å². The van der Waals surface area contributed by atoms with Gasteiger partial charge in [-0.15, -0.1) is 0 Å². The third-order valence-corrected chi connectivity index (χ3v) is 5.73. The maximum absolute atomic E-state index is 13.9. The Morgan fingerprint density at radius 1 is 1.07 bits per heavy atom. The van der Waals surface area contributed by atoms with E-state index in [0.29, 0.717) is 22.6 Å². The summed E-state index contributed by atoms with van der Waals surface area (Å²) in [5, 5.41) is 0. The van der Waals surface area contributed by atoms with Gasteiger partial charge in [-0.3, -0.25) is 4.79 Å². The summed E-state index contributed by atoms with van der Waals surface area (Å²) in [5.74, 6) is -2.24. The highest BCUT2D eigenvalue weighted by atomic mass is 32.2. The Morgan fingerprint density at radius 3 is 2.30 bits per heavy atom. The lowest BCUT2D eigenvalue weighted by atomic mass is 10.1. The predicted molar refractivity (Wildman–Crippen MR) is 110 cm³/mol. The summed E-state index contributed by atoms with van der Waals surface area (Å²) in [4.78, 5) is 24.7. The number of ether oxygens (including phenoxy) is 1. The number of nitrogens with zero attached hydrogens (tertiary/aromatic N) is 1. The van der Waals surface area contributed by atoms with Gasteiger partial charge in [-0.1, -0.05) is 18.2 Å². The number of carbonyl (C=O) groups excluding carboxylic acids is 2. The van der Waals surface area contributed by atoms with Crippen LogP contribution in [0.3, 0.4) is 0 Å². The molecule has 3 aromatic rings. The second-order valence-electron chi connectivity index (χ2n) is 6.69. The first-order valence-electron chi connectivity index (χ1n) is 9.13. The number of sulfone groups is 1. The molecule has 2 aromatic carbocycles. The SMILES string of the molecule is CCOC(=O)C(=O)c1cc(-c2ccc(S(C)(=O)=O)cc2)n(-c2cccc(F)c2)c1C. The first kappa shape index (κ1) is 21.4. The molecule has 1 heterocycles. The second kappa shape index (κ2) is 8.23. The Morgan fingerprint density at radius 2 is 1.73 bits per heavy atom. The number of hydrogen-bond donors (Lipinski definition) is 0. The van der Waals surface area contributed by atoms with Crippen LogP contribution in [0.2, 0.25) is 0 Å². The van der Waals surface area contributed by atoms with E-state index in [4.69, 9.17) is 4.74 Å². The molecule has 0 fully saturated rings. The van der Waals surface area contributed by atoms with Gasteiger partial charge < -0.3 is 9.30 Å². The average Bonchev–Trinajstić information content (AvgIpc) is 3.04. The molecule has 0 unspecified atom stereocenters. The van der Waals surface area contributed by atoms with Gasteiger partial charge in [-0.25, -0.2) is 17.6 Å². The quantitative estimate of drug-likeness (QED) is 0.339. The van der Waals surface area contributed by atoms with E-state index >= 15 is 0 Å². The molecule has 0 atom stereocenters. The number of ketones is 1. The first-order valence-corrected chi connectivity index (χ1v) is 11.0. The lowest BCUT2D eigenvalue weighted by Crippen LogP contribution is -2.18. The molecule has 0 spiro atoms. The normalized spacial score (nSPS) is 11.3. The molecule has 8 heteroatoms. The second-order valence-corrected chi connectivity index (χ2v) is 8.71. The van der Waals surface area contributed by atoms with Crippen molar-refractivity contribution < 1.29 is 27.1 Å². The van der Waals surface area contributed by atoms with Crippen LogP contribution < -0.4 is 0 Å². The van der Waals surface area contributed by atoms with Gasteiger partial charge in [0.05, 0.1) is 22.8 Å². The minimum absolute atomic E-state index is 0.0635. The topological polar surface area (TPSA) is 82.4 Å². The molecule has 0 radical (unpaired) electrons. The Bertz CT molecular complexity index is 1230. The highest BCUT2D eigenvalue weighted by molar-refractivity contribution is 7.90. The molecule has 0 aliphatic heterocycles. The van der Waals surface area contributed by atoms with Crippen molar-refractivity contribution >= 4 is 21.6 Å². The molecule has 0 saturated heterocycles. The molecule has 6 nitrogen and oxygen atoms in total. The number of halogens is 1. The van der Waals surface area contributed by atoms with E-state index in [1.54, 1.807) is 36.6 Å². The van der Waals surface area contributed by atoms with Crippen molar-refractivity contribution in [2.45, 2.75) is 18.7 Å². The van der Waals surface area contributed by atoms with Crippen LogP contribution in [0, 0.1) is 12.7 Å². The summed E-state index contributed by atoms with van der Waals surface area (Å²) < 4.78 is 43.8. The van der Waals surface area contributed by atoms with E-state index in [9.17, 15) is 22.4 Å². The number of aromatic nitrogens is 1. The van der Waals surface area contributed by atoms with Crippen molar-refractivity contribution in [2.24, 2.45) is 0 Å². The van der Waals surface area contributed by atoms with Crippen molar-refractivity contribution in [3.8, 4) is 16.9 Å². The molecule has 1 aromatic heterocycles. The van der Waals surface area contributed by atoms with Crippen molar-refractivity contribution in [3.05, 3.63) is 71.7 Å². The van der Waals surface area contributed by atoms with Crippen LogP contribution in [0.4, 0.5) is 4.39 Å². The molecule has 0 N–H and O–H groups in total. The van der Waals surface area contributed by atoms with Crippen LogP contribution in [0.1, 0.15) is 23.0 Å². The first-order chi connectivity index (χ1) is 14.1. The molecule has 156 valence electrons. The van der Waals surface area contributed by atoms with Crippen LogP contribution in [0.15, 0.2) is 59.5 Å². The lowest BCUT2D eigenvalue weighted by molar-refractivity contribution is -0.137. The molecule has 30 heavy (non-hydrogen) atoms. The number of benzene rings is 2. The molecule has 0 bridgehead atoms. The Kier molecular flexibility index (Phi) is 5.89. The maximum atomic E-state index is 13.9. The maximum Gasteiger partial charge on any atom is 0.379 e. The van der Waals surface area contributed by atoms with Crippen LogP contribution in [0.25, 0.3) is 16.9 Å². The summed E-state index contributed by atoms with van der Waals surface area (Å²) >= 11 is 0. The third-order valence-electron chi connectivity index (χ3n) is 4.60. The van der Waals surface area contributed by atoms with Crippen LogP contribution >= 0.6 is 0 Å². The lowest BCUT2D eigenvalue weighted by Gasteiger charge is -2.13. The summed E-state index contributed by atoms with van der Waals surface area (Å²) in [6.45, 7) is 3.31. The number of carbonyl (C=O) groups is 2. The molecule has 0 saturated carbocycles. The fourth-order valence-electron chi connectivity index (χ4n) is 3.18. The smallest absolute Gasteiger partial charge is 0.379 e. The van der Waals surface area contributed by atoms with Crippen LogP contribution in [-0.2, 0) is 19.4 Å². The summed E-state index contributed by atoms with van der Waals surface area (Å²) in [6.07, 6.45) is 1.11. The van der Waals surface area contributed by atoms with E-state index in [2.05, 4.69) is 0 Å². The zero-order valence-corrected chi connectivity index (χ0v) is 17.5. The molecule has 3 rings (SSSR count). The van der Waals surface area contributed by atoms with Crippen molar-refractivity contribution in [1.82, 2.24) is 4.57 Å². The van der Waals surface area contributed by atoms with Crippen molar-refractivity contribution in [3.63, 3.8) is 0 Å². The van der Waals surface area contributed by atoms with Crippen LogP contribution in [-0.4, -0.2) is 37.6 Å². The number of Topliss-reactive ketones (excluding diaryl/α,β-unsaturated/α-hetero) is 1. The minimum atomic E-state index is -3.38. The third kappa shape index (κ3) is 4.18. The van der Waals surface area contributed by atoms with E-state index < -0.39 is 27.4 Å². The van der Waals surface area contributed by atoms with Gasteiger partial charge in [0.25, 0.3) is 5.78 Å². The standard InChI is InChI=1S/C22H20FNO5S/c1-4-29-22(26)21(25)19-13-20(15-8-10-18(11-9-15)30(3,27)28)24(14(19)2)17-7-5-6-16(23)12-17/h5-13H,4H2,1-3H3. The van der Waals surface area contributed by atoms with Crippen LogP contribution in [0.5, 0.6) is 0 Å². The molecule has 0 aliphatic rings. The van der Waals surface area contributed by atoms with Crippen molar-refractivity contribution in [1.29, 1.82) is 0 Å². The predicted octanol–water partition coefficient (Wildman–Crippen LogP) is 3.74. The molecular weight excluding hydrogens is 409 g/mol. The zero-order valence-electron chi connectivity index (χ0n) is 16.7. The fraction of sp³-hybridized carbons (Fsp3) is 0.182. The van der Waals surface area contributed by atoms with Gasteiger partial charge in [-0.05, 0) is 55.8 Å². The number of esters is 1. The average molecular weight is 429 g/mol. The van der Waals surface area contributed by atoms with E-state index in [1.807, 2.05) is 0 Å². The van der Waals surface area contributed by atoms with E-state index in [1.165, 1.54) is 36.4 Å². The van der Waals surface area contributed by atoms with E-state index in [-0.39, 0.29) is 17.1 Å². The summed E-state index contributed by atoms with van der Waals surface area (Å²) in [5.41, 5.74) is 2.11. The number of rotatable bonds is 6. The Hall–Kier alpha value is -3.26. The van der Waals surface area contributed by atoms with E-state index in [0.717, 1.165) is 6.26 Å². The fourth-order valence-corrected chi connectivity index (χ4v) is 3.81. The molecule has 0 amide bonds. The zero-order chi connectivity index (χ0) is 22.1. The summed E-state index contributed by atoms with van der Waals surface area (Å²) in [7, 11) is -3.38. The largest absolute Gasteiger partial charge is 0.460 e. The monoisotopic (exact) mass is 429 g/mol. The highest BCUT2D eigenvalue weighted by Gasteiger charge is 2.25. The Balaban J connectivity index is 2.21. The van der Waals surface area contributed by atoms with Crippen molar-refractivity contribution in [2.75, 3.05) is 12.9 Å². The summed E-state index contributed by atoms with van der Waals surface area (Å²) in [6, 6.07) is 13.4. The Labute approximate surface area is 173 Å². The molecule has 0 aliphatic carbocycles. The minimum Gasteiger partial charge on any atom is -0.460 e. The van der Waals surface area contributed by atoms with Gasteiger partial charge in [0.15, 0.2) is 9.84 Å². The number of hydrogen-bond acceptors (Lipinski definition) is 5. The van der Waals surface area contributed by atoms with Gasteiger partial charge in [-0.2, -0.15) is 0 Å². The highest BCUT2D eigenvalue weighted by Crippen LogP contribution is 2.31.